The van der Waals surface area contributed by atoms with Crippen LogP contribution in [0, 0.1) is 23.1 Å². The van der Waals surface area contributed by atoms with Gasteiger partial charge in [-0.05, 0) is 75.1 Å². The first-order valence-corrected chi connectivity index (χ1v) is 24.3. The van der Waals surface area contributed by atoms with E-state index in [-0.39, 0.29) is 114 Å². The minimum absolute atomic E-state index is 0.0178. The van der Waals surface area contributed by atoms with E-state index in [1.807, 2.05) is 0 Å². The Hall–Kier alpha value is -6.70. The second kappa shape index (κ2) is 22.2. The quantitative estimate of drug-likeness (QED) is 0.0434. The number of ketones is 2. The number of anilines is 2. The largest absolute Gasteiger partial charge is 0.445 e. The van der Waals surface area contributed by atoms with Crippen molar-refractivity contribution in [1.82, 2.24) is 25.4 Å². The van der Waals surface area contributed by atoms with E-state index in [1.165, 1.54) is 29.8 Å². The number of amides is 7. The lowest BCUT2D eigenvalue weighted by molar-refractivity contribution is -0.137. The Bertz CT molecular complexity index is 2690. The monoisotopic (exact) mass is 1000 g/mol. The number of nitrogens with zero attached hydrogens (tertiary/aromatic N) is 3. The third kappa shape index (κ3) is 12.4. The number of ether oxygens (including phenoxy) is 1. The Morgan fingerprint density at radius 2 is 1.68 bits per heavy atom. The van der Waals surface area contributed by atoms with E-state index in [4.69, 9.17) is 22.1 Å². The average molecular weight is 1010 g/mol. The van der Waals surface area contributed by atoms with Crippen molar-refractivity contribution in [1.29, 1.82) is 0 Å². The molecule has 5 atom stereocenters. The summed E-state index contributed by atoms with van der Waals surface area (Å²) in [5, 5.41) is 10.9. The van der Waals surface area contributed by atoms with Crippen LogP contribution in [0.25, 0.3) is 10.9 Å². The maximum absolute atomic E-state index is 16.0. The van der Waals surface area contributed by atoms with E-state index < -0.39 is 65.3 Å². The highest BCUT2D eigenvalue weighted by atomic mass is 35.5. The van der Waals surface area contributed by atoms with Gasteiger partial charge in [-0.2, -0.15) is 0 Å². The van der Waals surface area contributed by atoms with Crippen molar-refractivity contribution in [2.45, 2.75) is 116 Å². The molecule has 0 radical (unpaired) electrons. The summed E-state index contributed by atoms with van der Waals surface area (Å²) in [4.78, 5) is 117. The van der Waals surface area contributed by atoms with Gasteiger partial charge in [-0.15, -0.1) is 0 Å². The zero-order chi connectivity index (χ0) is 51.3. The third-order valence-electron chi connectivity index (χ3n) is 13.7. The molecule has 4 aliphatic rings. The predicted octanol–water partition coefficient (Wildman–Crippen LogP) is 5.76. The van der Waals surface area contributed by atoms with Gasteiger partial charge in [0.2, 0.25) is 11.8 Å². The summed E-state index contributed by atoms with van der Waals surface area (Å²) in [7, 11) is 0. The summed E-state index contributed by atoms with van der Waals surface area (Å²) in [6, 6.07) is 4.88. The predicted molar refractivity (Wildman–Crippen MR) is 259 cm³/mol. The van der Waals surface area contributed by atoms with Gasteiger partial charge < -0.3 is 41.2 Å². The number of primary amides is 1. The van der Waals surface area contributed by atoms with Crippen LogP contribution < -0.4 is 37.3 Å². The van der Waals surface area contributed by atoms with Crippen LogP contribution in [-0.2, 0) is 35.3 Å². The Labute approximate surface area is 413 Å². The highest BCUT2D eigenvalue weighted by Gasteiger charge is 2.56. The summed E-state index contributed by atoms with van der Waals surface area (Å²) >= 11 is 6.88. The van der Waals surface area contributed by atoms with Gasteiger partial charge in [-0.3, -0.25) is 38.5 Å². The molecule has 2 aliphatic carbocycles. The van der Waals surface area contributed by atoms with E-state index in [0.29, 0.717) is 43.5 Å². The summed E-state index contributed by atoms with van der Waals surface area (Å²) < 4.78 is 37.4. The molecule has 2 aromatic carbocycles. The minimum atomic E-state index is -1.21. The number of alkyl halides is 1. The zero-order valence-electron chi connectivity index (χ0n) is 39.8. The molecule has 1 spiro atoms. The molecule has 1 saturated heterocycles. The maximum atomic E-state index is 16.0. The number of hydrogen-bond donors (Lipinski definition) is 5. The topological polar surface area (TPSA) is 248 Å². The van der Waals surface area contributed by atoms with E-state index in [9.17, 15) is 47.5 Å². The minimum Gasteiger partial charge on any atom is -0.445 e. The molecule has 7 amide bonds. The molecule has 6 N–H and O–H groups in total. The molecule has 7 rings (SSSR count). The molecule has 380 valence electrons. The summed E-state index contributed by atoms with van der Waals surface area (Å²) in [6.45, 7) is 5.61. The van der Waals surface area contributed by atoms with Crippen LogP contribution in [0.15, 0.2) is 53.5 Å². The number of pyridine rings is 1. The van der Waals surface area contributed by atoms with Crippen LogP contribution in [-0.4, -0.2) is 101 Å². The molecule has 18 nitrogen and oxygen atoms in total. The lowest BCUT2D eigenvalue weighted by Crippen LogP contribution is -2.45. The number of Topliss-reactive ketones (excluding diaryl/α,β-unsaturated/α-hetero) is 2. The highest BCUT2D eigenvalue weighted by molar-refractivity contribution is 6.38. The molecular weight excluding hydrogens is 946 g/mol. The van der Waals surface area contributed by atoms with E-state index >= 15 is 4.39 Å². The fraction of sp³-hybridized carbons (Fsp3) is 0.500. The summed E-state index contributed by atoms with van der Waals surface area (Å²) in [5.41, 5.74) is 5.11. The number of aromatic nitrogens is 1. The van der Waals surface area contributed by atoms with Gasteiger partial charge in [0.15, 0.2) is 17.0 Å². The number of carbonyl (C=O) groups is 8. The third-order valence-corrected chi connectivity index (χ3v) is 14.1. The van der Waals surface area contributed by atoms with Crippen LogP contribution >= 0.6 is 11.6 Å². The van der Waals surface area contributed by atoms with Gasteiger partial charge in [0.25, 0.3) is 11.8 Å². The van der Waals surface area contributed by atoms with Crippen molar-refractivity contribution in [2.24, 2.45) is 23.0 Å². The van der Waals surface area contributed by atoms with E-state index in [0.717, 1.165) is 23.8 Å². The molecule has 3 aromatic rings. The van der Waals surface area contributed by atoms with Crippen molar-refractivity contribution in [3.05, 3.63) is 80.9 Å². The maximum Gasteiger partial charge on any atom is 0.407 e. The Morgan fingerprint density at radius 3 is 2.30 bits per heavy atom. The molecule has 2 saturated carbocycles. The van der Waals surface area contributed by atoms with Gasteiger partial charge in [-0.25, -0.2) is 18.4 Å². The number of nitrogens with two attached hydrogens (primary N) is 1. The van der Waals surface area contributed by atoms with Crippen molar-refractivity contribution in [3.63, 3.8) is 0 Å². The number of imide groups is 1. The standard InChI is InChI=1S/C50H59ClF2N8O10/c1-27(2)43(58-39(64)9-5-4-6-19-60-40(65)14-15-41(60)66)37(63)20-30(8-7-18-55-48(54)69)47(68)56-31-12-10-29(11-13-31)25-71-49(70)57-38-24-59(26-50(38)16-17-50)45-35(53)21-32-44(42(45)51)61(36-22-34(36)52)23-33(28(3)62)46(32)67/h10-15,21,23,27,30,34,36,38,43H,4-9,16-20,22,24-26H2,1-3H3,(H,56,68)(H,57,70)(H,58,64)(H3,54,55,69)/t30-,34+,36-,38-,43+/m1/s1. The zero-order valence-corrected chi connectivity index (χ0v) is 40.6. The van der Waals surface area contributed by atoms with E-state index in [1.54, 1.807) is 43.0 Å². The van der Waals surface area contributed by atoms with Gasteiger partial charge >= 0.3 is 12.1 Å². The van der Waals surface area contributed by atoms with Crippen molar-refractivity contribution in [3.8, 4) is 0 Å². The number of halogens is 3. The lowest BCUT2D eigenvalue weighted by atomic mass is 9.89. The Morgan fingerprint density at radius 1 is 0.986 bits per heavy atom. The number of carbonyl (C=O) groups excluding carboxylic acids is 8. The van der Waals surface area contributed by atoms with Crippen LogP contribution in [0.1, 0.15) is 107 Å². The molecular formula is C50H59ClF2N8O10. The first-order chi connectivity index (χ1) is 33.8. The fourth-order valence-corrected chi connectivity index (χ4v) is 9.85. The number of unbranched alkanes of at least 4 members (excludes halogenated alkanes) is 2. The van der Waals surface area contributed by atoms with Gasteiger partial charge in [0.1, 0.15) is 18.6 Å². The smallest absolute Gasteiger partial charge is 0.407 e. The second-order valence-corrected chi connectivity index (χ2v) is 19.7. The molecule has 2 aliphatic heterocycles. The Kier molecular flexibility index (Phi) is 16.3. The average Bonchev–Trinajstić information content (AvgIpc) is 4.20. The number of rotatable bonds is 23. The van der Waals surface area contributed by atoms with Crippen molar-refractivity contribution < 1.29 is 51.9 Å². The Balaban J connectivity index is 0.918. The van der Waals surface area contributed by atoms with Gasteiger partial charge in [0, 0.05) is 80.8 Å². The normalized spacial score (nSPS) is 19.5. The number of benzene rings is 2. The number of hydrogen-bond acceptors (Lipinski definition) is 11. The number of fused-ring (bicyclic) bond motifs is 1. The van der Waals surface area contributed by atoms with Crippen molar-refractivity contribution in [2.75, 3.05) is 36.4 Å². The van der Waals surface area contributed by atoms with Crippen LogP contribution in [0.4, 0.5) is 29.7 Å². The number of nitrogens with one attached hydrogen (secondary N) is 4. The van der Waals surface area contributed by atoms with Crippen LogP contribution in [0.3, 0.4) is 0 Å². The fourth-order valence-electron chi connectivity index (χ4n) is 9.44. The first-order valence-electron chi connectivity index (χ1n) is 24.0. The molecule has 0 unspecified atom stereocenters. The number of urea groups is 1. The second-order valence-electron chi connectivity index (χ2n) is 19.3. The van der Waals surface area contributed by atoms with Gasteiger partial charge in [-0.1, -0.05) is 44.0 Å². The summed E-state index contributed by atoms with van der Waals surface area (Å²) in [6.07, 6.45) is 5.53. The van der Waals surface area contributed by atoms with Crippen molar-refractivity contribution >= 4 is 81.2 Å². The number of alkyl carbamates (subject to hydrolysis) is 1. The molecule has 0 bridgehead atoms. The van der Waals surface area contributed by atoms with Crippen LogP contribution in [0.5, 0.6) is 0 Å². The highest BCUT2D eigenvalue weighted by Crippen LogP contribution is 2.55. The van der Waals surface area contributed by atoms with Gasteiger partial charge in [0.05, 0.1) is 45.3 Å². The lowest BCUT2D eigenvalue weighted by Gasteiger charge is -2.24. The van der Waals surface area contributed by atoms with Crippen LogP contribution in [0.2, 0.25) is 5.02 Å². The molecule has 3 heterocycles. The molecule has 1 aromatic heterocycles. The first kappa shape index (κ1) is 52.1. The molecule has 71 heavy (non-hydrogen) atoms. The molecule has 3 fully saturated rings. The SMILES string of the molecule is CC(=O)c1cn([C@@H]2C[C@@H]2F)c2c(Cl)c(N3C[C@@H](NC(=O)OCc4ccc(NC(=O)[C@H](CCCNC(N)=O)CC(=O)[C@@H](NC(=O)CCCCCN5C(=O)C=CC5=O)C(C)C)cc4)C4(CC4)C3)c(F)cc2c1=O. The summed E-state index contributed by atoms with van der Waals surface area (Å²) in [5.74, 6) is -4.31. The molecule has 21 heteroatoms. The van der Waals surface area contributed by atoms with E-state index in [2.05, 4.69) is 21.3 Å².